The fraction of sp³-hybridized carbons (Fsp3) is 0.529. The number of sulfone groups is 1. The largest absolute Gasteiger partial charge is 0.356 e. The minimum atomic E-state index is -2.98. The molecule has 1 fully saturated rings. The van der Waals surface area contributed by atoms with E-state index in [1.54, 1.807) is 7.05 Å². The van der Waals surface area contributed by atoms with Gasteiger partial charge in [0.1, 0.15) is 0 Å². The highest BCUT2D eigenvalue weighted by Gasteiger charge is 2.28. The van der Waals surface area contributed by atoms with Gasteiger partial charge < -0.3 is 16.0 Å². The van der Waals surface area contributed by atoms with Crippen LogP contribution in [0.1, 0.15) is 24.0 Å². The smallest absolute Gasteiger partial charge is 0.222 e. The van der Waals surface area contributed by atoms with Crippen LogP contribution in [-0.4, -0.2) is 51.4 Å². The molecule has 0 bridgehead atoms. The summed E-state index contributed by atoms with van der Waals surface area (Å²) in [6.07, 6.45) is 0.767. The maximum absolute atomic E-state index is 11.9. The lowest BCUT2D eigenvalue weighted by Crippen LogP contribution is -2.41. The molecule has 1 unspecified atom stereocenters. The van der Waals surface area contributed by atoms with Crippen LogP contribution in [0.25, 0.3) is 0 Å². The van der Waals surface area contributed by atoms with Crippen LogP contribution in [0.2, 0.25) is 0 Å². The number of halogens is 1. The van der Waals surface area contributed by atoms with Gasteiger partial charge in [-0.1, -0.05) is 24.3 Å². The number of hydrogen-bond acceptors (Lipinski definition) is 4. The van der Waals surface area contributed by atoms with Crippen molar-refractivity contribution in [1.82, 2.24) is 16.0 Å². The predicted octanol–water partition coefficient (Wildman–Crippen LogP) is 0.971. The molecule has 1 heterocycles. The fourth-order valence-corrected chi connectivity index (χ4v) is 4.38. The van der Waals surface area contributed by atoms with Gasteiger partial charge in [-0.25, -0.2) is 8.42 Å². The van der Waals surface area contributed by atoms with Gasteiger partial charge in [0, 0.05) is 32.6 Å². The Balaban J connectivity index is 0.00000338. The number of guanidine groups is 1. The molecule has 1 aliphatic heterocycles. The summed E-state index contributed by atoms with van der Waals surface area (Å²) in [6.45, 7) is 3.14. The number of rotatable bonds is 6. The highest BCUT2D eigenvalue weighted by atomic mass is 127. The van der Waals surface area contributed by atoms with E-state index in [0.29, 0.717) is 25.5 Å². The SMILES string of the molecule is CN=C(NCCC(=O)NC1CCS(=O)(=O)C1)NCc1ccccc1C.I. The first kappa shape index (κ1) is 22.7. The Kier molecular flexibility index (Phi) is 9.34. The standard InChI is InChI=1S/C17H26N4O3S.HI/c1-13-5-3-4-6-14(13)11-20-17(18-2)19-9-7-16(22)21-15-8-10-25(23,24)12-15;/h3-6,15H,7-12H2,1-2H3,(H,21,22)(H2,18,19,20);1H. The number of aliphatic imine (C=N–C) groups is 1. The lowest BCUT2D eigenvalue weighted by Gasteiger charge is -2.14. The molecule has 0 saturated carbocycles. The molecule has 1 aromatic carbocycles. The predicted molar refractivity (Wildman–Crippen MR) is 115 cm³/mol. The average molecular weight is 494 g/mol. The molecule has 1 atom stereocenters. The Morgan fingerprint density at radius 1 is 1.27 bits per heavy atom. The minimum absolute atomic E-state index is 0. The quantitative estimate of drug-likeness (QED) is 0.311. The van der Waals surface area contributed by atoms with Crippen molar-refractivity contribution in [3.8, 4) is 0 Å². The summed E-state index contributed by atoms with van der Waals surface area (Å²) in [5.74, 6) is 0.681. The molecule has 1 amide bonds. The molecule has 0 aliphatic carbocycles. The van der Waals surface area contributed by atoms with Gasteiger partial charge in [0.05, 0.1) is 11.5 Å². The molecule has 146 valence electrons. The third-order valence-electron chi connectivity index (χ3n) is 4.17. The zero-order chi connectivity index (χ0) is 18.3. The molecule has 0 aromatic heterocycles. The van der Waals surface area contributed by atoms with E-state index in [1.807, 2.05) is 12.1 Å². The van der Waals surface area contributed by atoms with Crippen molar-refractivity contribution in [1.29, 1.82) is 0 Å². The van der Waals surface area contributed by atoms with Crippen LogP contribution in [0, 0.1) is 6.92 Å². The molecular weight excluding hydrogens is 467 g/mol. The van der Waals surface area contributed by atoms with Crippen LogP contribution < -0.4 is 16.0 Å². The summed E-state index contributed by atoms with van der Waals surface area (Å²) in [7, 11) is -1.30. The molecule has 26 heavy (non-hydrogen) atoms. The zero-order valence-corrected chi connectivity index (χ0v) is 18.3. The summed E-state index contributed by atoms with van der Waals surface area (Å²) in [5, 5.41) is 9.08. The molecule has 3 N–H and O–H groups in total. The normalized spacial score (nSPS) is 18.7. The van der Waals surface area contributed by atoms with E-state index in [2.05, 4.69) is 40.0 Å². The van der Waals surface area contributed by atoms with Crippen LogP contribution in [0.4, 0.5) is 0 Å². The van der Waals surface area contributed by atoms with Crippen molar-refractivity contribution in [2.75, 3.05) is 25.1 Å². The average Bonchev–Trinajstić information content (AvgIpc) is 2.90. The van der Waals surface area contributed by atoms with Crippen LogP contribution in [0.15, 0.2) is 29.3 Å². The summed E-state index contributed by atoms with van der Waals surface area (Å²) in [5.41, 5.74) is 2.39. The summed E-state index contributed by atoms with van der Waals surface area (Å²) in [6, 6.07) is 7.85. The Hall–Kier alpha value is -1.36. The van der Waals surface area contributed by atoms with Crippen molar-refractivity contribution in [3.63, 3.8) is 0 Å². The van der Waals surface area contributed by atoms with E-state index in [9.17, 15) is 13.2 Å². The molecule has 0 spiro atoms. The molecule has 1 aromatic rings. The zero-order valence-electron chi connectivity index (χ0n) is 15.1. The van der Waals surface area contributed by atoms with E-state index >= 15 is 0 Å². The third-order valence-corrected chi connectivity index (χ3v) is 5.94. The monoisotopic (exact) mass is 494 g/mol. The van der Waals surface area contributed by atoms with Gasteiger partial charge in [0.25, 0.3) is 0 Å². The van der Waals surface area contributed by atoms with E-state index in [-0.39, 0.29) is 53.9 Å². The van der Waals surface area contributed by atoms with Gasteiger partial charge >= 0.3 is 0 Å². The van der Waals surface area contributed by atoms with Crippen molar-refractivity contribution in [3.05, 3.63) is 35.4 Å². The van der Waals surface area contributed by atoms with Crippen molar-refractivity contribution in [2.24, 2.45) is 4.99 Å². The van der Waals surface area contributed by atoms with Gasteiger partial charge in [0.15, 0.2) is 15.8 Å². The highest BCUT2D eigenvalue weighted by Crippen LogP contribution is 2.11. The van der Waals surface area contributed by atoms with Crippen molar-refractivity contribution < 1.29 is 13.2 Å². The Bertz CT molecular complexity index is 737. The minimum Gasteiger partial charge on any atom is -0.356 e. The molecular formula is C17H27IN4O3S. The highest BCUT2D eigenvalue weighted by molar-refractivity contribution is 14.0. The van der Waals surface area contributed by atoms with Crippen LogP contribution in [0.5, 0.6) is 0 Å². The number of carbonyl (C=O) groups is 1. The molecule has 1 saturated heterocycles. The summed E-state index contributed by atoms with van der Waals surface area (Å²) >= 11 is 0. The van der Waals surface area contributed by atoms with Crippen molar-refractivity contribution in [2.45, 2.75) is 32.4 Å². The maximum atomic E-state index is 11.9. The lowest BCUT2D eigenvalue weighted by atomic mass is 10.1. The molecule has 0 radical (unpaired) electrons. The van der Waals surface area contributed by atoms with Gasteiger partial charge in [-0.2, -0.15) is 0 Å². The van der Waals surface area contributed by atoms with Crippen LogP contribution >= 0.6 is 24.0 Å². The second-order valence-corrected chi connectivity index (χ2v) is 8.43. The number of nitrogens with zero attached hydrogens (tertiary/aromatic N) is 1. The third kappa shape index (κ3) is 7.48. The fourth-order valence-electron chi connectivity index (χ4n) is 2.71. The van der Waals surface area contributed by atoms with Crippen LogP contribution in [0.3, 0.4) is 0 Å². The number of amides is 1. The molecule has 7 nitrogen and oxygen atoms in total. The van der Waals surface area contributed by atoms with E-state index < -0.39 is 9.84 Å². The summed E-state index contributed by atoms with van der Waals surface area (Å²) in [4.78, 5) is 16.0. The van der Waals surface area contributed by atoms with Gasteiger partial charge in [-0.3, -0.25) is 9.79 Å². The van der Waals surface area contributed by atoms with Crippen LogP contribution in [-0.2, 0) is 21.2 Å². The Morgan fingerprint density at radius 3 is 2.62 bits per heavy atom. The lowest BCUT2D eigenvalue weighted by molar-refractivity contribution is -0.121. The second-order valence-electron chi connectivity index (χ2n) is 6.20. The Labute approximate surface area is 172 Å². The number of carbonyl (C=O) groups excluding carboxylic acids is 1. The first-order valence-electron chi connectivity index (χ1n) is 8.38. The molecule has 1 aliphatic rings. The topological polar surface area (TPSA) is 99.7 Å². The van der Waals surface area contributed by atoms with E-state index in [0.717, 1.165) is 0 Å². The maximum Gasteiger partial charge on any atom is 0.222 e. The number of nitrogens with one attached hydrogen (secondary N) is 3. The van der Waals surface area contributed by atoms with Gasteiger partial charge in [0.2, 0.25) is 5.91 Å². The first-order valence-corrected chi connectivity index (χ1v) is 10.2. The second kappa shape index (κ2) is 10.7. The molecule has 2 rings (SSSR count). The Morgan fingerprint density at radius 2 is 2.00 bits per heavy atom. The summed E-state index contributed by atoms with van der Waals surface area (Å²) < 4.78 is 22.8. The van der Waals surface area contributed by atoms with Gasteiger partial charge in [-0.15, -0.1) is 24.0 Å². The van der Waals surface area contributed by atoms with Gasteiger partial charge in [-0.05, 0) is 24.5 Å². The number of aryl methyl sites for hydroxylation is 1. The van der Waals surface area contributed by atoms with Crippen molar-refractivity contribution >= 4 is 45.7 Å². The molecule has 9 heteroatoms. The first-order chi connectivity index (χ1) is 11.9. The van der Waals surface area contributed by atoms with E-state index in [1.165, 1.54) is 11.1 Å². The number of hydrogen-bond donors (Lipinski definition) is 3. The van der Waals surface area contributed by atoms with E-state index in [4.69, 9.17) is 0 Å². The number of benzene rings is 1.